The fourth-order valence-electron chi connectivity index (χ4n) is 4.80. The lowest BCUT2D eigenvalue weighted by molar-refractivity contribution is -0.111. The highest BCUT2D eigenvalue weighted by molar-refractivity contribution is 5.98. The number of nitrogens with zero attached hydrogens (tertiary/aromatic N) is 5. The van der Waals surface area contributed by atoms with Crippen LogP contribution in [0.1, 0.15) is 5.56 Å². The maximum Gasteiger partial charge on any atom is 0.247 e. The Morgan fingerprint density at radius 3 is 2.63 bits per heavy atom. The smallest absolute Gasteiger partial charge is 0.247 e. The minimum absolute atomic E-state index is 0.259. The summed E-state index contributed by atoms with van der Waals surface area (Å²) < 4.78 is 17.5. The van der Waals surface area contributed by atoms with Crippen molar-refractivity contribution in [3.63, 3.8) is 0 Å². The van der Waals surface area contributed by atoms with Gasteiger partial charge in [-0.1, -0.05) is 18.7 Å². The van der Waals surface area contributed by atoms with E-state index in [1.807, 2.05) is 36.4 Å². The molecule has 0 spiro atoms. The van der Waals surface area contributed by atoms with Gasteiger partial charge in [-0.15, -0.1) is 0 Å². The second kappa shape index (κ2) is 13.3. The van der Waals surface area contributed by atoms with Gasteiger partial charge >= 0.3 is 0 Å². The Morgan fingerprint density at radius 2 is 1.88 bits per heavy atom. The van der Waals surface area contributed by atoms with Crippen LogP contribution in [-0.4, -0.2) is 87.4 Å². The molecule has 11 nitrogen and oxygen atoms in total. The van der Waals surface area contributed by atoms with Gasteiger partial charge in [0.2, 0.25) is 17.7 Å². The van der Waals surface area contributed by atoms with Crippen LogP contribution in [0.4, 0.5) is 28.7 Å². The normalized spacial score (nSPS) is 15.8. The van der Waals surface area contributed by atoms with Crippen LogP contribution in [0.3, 0.4) is 0 Å². The summed E-state index contributed by atoms with van der Waals surface area (Å²) in [4.78, 5) is 27.9. The highest BCUT2D eigenvalue weighted by Crippen LogP contribution is 2.34. The van der Waals surface area contributed by atoms with Crippen molar-refractivity contribution in [1.29, 1.82) is 0 Å². The summed E-state index contributed by atoms with van der Waals surface area (Å²) in [5, 5.41) is 6.09. The lowest BCUT2D eigenvalue weighted by Gasteiger charge is -2.34. The zero-order valence-electron chi connectivity index (χ0n) is 23.6. The van der Waals surface area contributed by atoms with E-state index in [2.05, 4.69) is 50.0 Å². The molecule has 41 heavy (non-hydrogen) atoms. The number of hydrogen-bond donors (Lipinski definition) is 2. The number of piperazine rings is 1. The summed E-state index contributed by atoms with van der Waals surface area (Å²) in [6.45, 7) is 10.5. The second-order valence-electron chi connectivity index (χ2n) is 9.97. The van der Waals surface area contributed by atoms with Gasteiger partial charge in [-0.2, -0.15) is 4.98 Å². The monoisotopic (exact) mass is 559 g/mol. The van der Waals surface area contributed by atoms with Gasteiger partial charge < -0.3 is 39.5 Å². The summed E-state index contributed by atoms with van der Waals surface area (Å²) in [5.41, 5.74) is 4.24. The van der Waals surface area contributed by atoms with E-state index >= 15 is 0 Å². The molecule has 216 valence electrons. The molecule has 0 aliphatic carbocycles. The maximum absolute atomic E-state index is 11.7. The SMILES string of the molecule is C=CC(=O)Nc1cccc(COc2nc(Nc3ccc(N4CCN(C)CC4)cc3OC)ncc2N2CCOCC2)c1. The van der Waals surface area contributed by atoms with Crippen LogP contribution < -0.4 is 29.9 Å². The molecule has 2 fully saturated rings. The molecule has 0 saturated carbocycles. The molecule has 0 bridgehead atoms. The lowest BCUT2D eigenvalue weighted by Crippen LogP contribution is -2.44. The van der Waals surface area contributed by atoms with Crippen LogP contribution in [0.15, 0.2) is 61.3 Å². The molecule has 1 amide bonds. The van der Waals surface area contributed by atoms with Gasteiger partial charge in [-0.25, -0.2) is 4.98 Å². The third kappa shape index (κ3) is 7.24. The minimum atomic E-state index is -0.267. The zero-order chi connectivity index (χ0) is 28.6. The average Bonchev–Trinajstić information content (AvgIpc) is 3.01. The Hall–Kier alpha value is -4.35. The van der Waals surface area contributed by atoms with Crippen LogP contribution in [0.5, 0.6) is 11.6 Å². The van der Waals surface area contributed by atoms with E-state index in [-0.39, 0.29) is 12.5 Å². The van der Waals surface area contributed by atoms with Crippen LogP contribution in [0, 0.1) is 0 Å². The topological polar surface area (TPSA) is 104 Å². The van der Waals surface area contributed by atoms with Crippen LogP contribution >= 0.6 is 0 Å². The van der Waals surface area contributed by atoms with Crippen molar-refractivity contribution < 1.29 is 19.0 Å². The van der Waals surface area contributed by atoms with Crippen molar-refractivity contribution in [3.8, 4) is 11.6 Å². The van der Waals surface area contributed by atoms with E-state index in [0.29, 0.717) is 36.5 Å². The Kier molecular flexibility index (Phi) is 9.17. The second-order valence-corrected chi connectivity index (χ2v) is 9.97. The molecule has 3 aromatic rings. The Bertz CT molecular complexity index is 1350. The van der Waals surface area contributed by atoms with Gasteiger partial charge in [0, 0.05) is 56.7 Å². The molecule has 0 atom stereocenters. The van der Waals surface area contributed by atoms with Gasteiger partial charge in [-0.05, 0) is 43.0 Å². The van der Waals surface area contributed by atoms with Crippen molar-refractivity contribution in [2.45, 2.75) is 6.61 Å². The molecule has 2 aromatic carbocycles. The quantitative estimate of drug-likeness (QED) is 0.359. The average molecular weight is 560 g/mol. The summed E-state index contributed by atoms with van der Waals surface area (Å²) in [7, 11) is 3.81. The van der Waals surface area contributed by atoms with Crippen LogP contribution in [0.2, 0.25) is 0 Å². The lowest BCUT2D eigenvalue weighted by atomic mass is 10.2. The molecular formula is C30H37N7O4. The van der Waals surface area contributed by atoms with E-state index in [1.54, 1.807) is 13.3 Å². The van der Waals surface area contributed by atoms with E-state index in [1.165, 1.54) is 6.08 Å². The summed E-state index contributed by atoms with van der Waals surface area (Å²) in [6, 6.07) is 13.6. The number of ether oxygens (including phenoxy) is 3. The van der Waals surface area contributed by atoms with E-state index in [4.69, 9.17) is 19.2 Å². The van der Waals surface area contributed by atoms with Gasteiger partial charge in [0.1, 0.15) is 18.0 Å². The van der Waals surface area contributed by atoms with Gasteiger partial charge in [0.15, 0.2) is 0 Å². The molecule has 2 N–H and O–H groups in total. The van der Waals surface area contributed by atoms with E-state index in [9.17, 15) is 4.79 Å². The predicted octanol–water partition coefficient (Wildman–Crippen LogP) is 3.52. The fraction of sp³-hybridized carbons (Fsp3) is 0.367. The number of aromatic nitrogens is 2. The Labute approximate surface area is 240 Å². The van der Waals surface area contributed by atoms with E-state index in [0.717, 1.165) is 61.9 Å². The third-order valence-electron chi connectivity index (χ3n) is 7.14. The minimum Gasteiger partial charge on any atom is -0.494 e. The number of rotatable bonds is 10. The maximum atomic E-state index is 11.7. The number of hydrogen-bond acceptors (Lipinski definition) is 10. The number of anilines is 5. The number of carbonyl (C=O) groups excluding carboxylic acids is 1. The molecule has 5 rings (SSSR count). The van der Waals surface area contributed by atoms with Gasteiger partial charge in [-0.3, -0.25) is 4.79 Å². The molecule has 2 saturated heterocycles. The number of carbonyl (C=O) groups is 1. The highest BCUT2D eigenvalue weighted by Gasteiger charge is 2.20. The molecule has 3 heterocycles. The van der Waals surface area contributed by atoms with E-state index < -0.39 is 0 Å². The Morgan fingerprint density at radius 1 is 1.07 bits per heavy atom. The molecule has 11 heteroatoms. The van der Waals surface area contributed by atoms with Crippen LogP contribution in [-0.2, 0) is 16.1 Å². The number of amides is 1. The predicted molar refractivity (Wildman–Crippen MR) is 161 cm³/mol. The molecule has 0 radical (unpaired) electrons. The summed E-state index contributed by atoms with van der Waals surface area (Å²) >= 11 is 0. The standard InChI is InChI=1S/C30H37N7O4/c1-4-28(38)32-23-7-5-6-22(18-23)21-41-29-26(37-14-16-40-17-15-37)20-31-30(34-29)33-25-9-8-24(19-27(25)39-3)36-12-10-35(2)11-13-36/h4-9,18-20H,1,10-17,21H2,2-3H3,(H,32,38)(H,31,33,34). The number of methoxy groups -OCH3 is 1. The highest BCUT2D eigenvalue weighted by atomic mass is 16.5. The van der Waals surface area contributed by atoms with Crippen molar-refractivity contribution in [3.05, 3.63) is 66.9 Å². The fourth-order valence-corrected chi connectivity index (χ4v) is 4.80. The zero-order valence-corrected chi connectivity index (χ0v) is 23.6. The number of nitrogens with one attached hydrogen (secondary N) is 2. The molecule has 2 aliphatic rings. The first-order valence-corrected chi connectivity index (χ1v) is 13.8. The third-order valence-corrected chi connectivity index (χ3v) is 7.14. The first-order valence-electron chi connectivity index (χ1n) is 13.8. The first-order chi connectivity index (χ1) is 20.0. The van der Waals surface area contributed by atoms with Gasteiger partial charge in [0.05, 0.1) is 32.2 Å². The van der Waals surface area contributed by atoms with Crippen molar-refractivity contribution in [1.82, 2.24) is 14.9 Å². The largest absolute Gasteiger partial charge is 0.494 e. The Balaban J connectivity index is 1.35. The first kappa shape index (κ1) is 28.2. The molecule has 0 unspecified atom stereocenters. The molecular weight excluding hydrogens is 522 g/mol. The van der Waals surface area contributed by atoms with Gasteiger partial charge in [0.25, 0.3) is 0 Å². The number of likely N-dealkylation sites (N-methyl/N-ethyl adjacent to an activating group) is 1. The number of morpholine rings is 1. The molecule has 1 aromatic heterocycles. The van der Waals surface area contributed by atoms with Crippen molar-refractivity contribution in [2.75, 3.05) is 87.1 Å². The number of benzene rings is 2. The summed E-state index contributed by atoms with van der Waals surface area (Å²) in [5.74, 6) is 1.30. The van der Waals surface area contributed by atoms with Crippen molar-refractivity contribution in [2.24, 2.45) is 0 Å². The van der Waals surface area contributed by atoms with Crippen LogP contribution in [0.25, 0.3) is 0 Å². The molecule has 2 aliphatic heterocycles. The summed E-state index contributed by atoms with van der Waals surface area (Å²) in [6.07, 6.45) is 3.02. The van der Waals surface area contributed by atoms with Crippen molar-refractivity contribution >= 4 is 34.6 Å².